The number of sulfonamides is 1. The fourth-order valence-electron chi connectivity index (χ4n) is 3.96. The zero-order valence-electron chi connectivity index (χ0n) is 22.9. The van der Waals surface area contributed by atoms with Crippen molar-refractivity contribution in [3.05, 3.63) is 83.9 Å². The summed E-state index contributed by atoms with van der Waals surface area (Å²) in [5, 5.41) is 3.97. The van der Waals surface area contributed by atoms with Crippen LogP contribution in [0.3, 0.4) is 0 Å². The van der Waals surface area contributed by atoms with Gasteiger partial charge in [0, 0.05) is 19.2 Å². The highest BCUT2D eigenvalue weighted by Crippen LogP contribution is 2.27. The van der Waals surface area contributed by atoms with Crippen LogP contribution >= 0.6 is 0 Å². The van der Waals surface area contributed by atoms with Gasteiger partial charge in [0.25, 0.3) is 21.8 Å². The van der Waals surface area contributed by atoms with Gasteiger partial charge in [-0.2, -0.15) is 5.10 Å². The number of morpholine rings is 1. The van der Waals surface area contributed by atoms with Crippen molar-refractivity contribution in [2.45, 2.75) is 11.8 Å². The number of carbonyl (C=O) groups excluding carboxylic acids is 2. The number of benzene rings is 3. The average Bonchev–Trinajstić information content (AvgIpc) is 3.00. The number of anilines is 1. The lowest BCUT2D eigenvalue weighted by molar-refractivity contribution is -0.137. The molecule has 11 nitrogen and oxygen atoms in total. The van der Waals surface area contributed by atoms with Crippen LogP contribution in [0.15, 0.2) is 82.8 Å². The number of hydrogen-bond acceptors (Lipinski definition) is 8. The Kier molecular flexibility index (Phi) is 9.93. The van der Waals surface area contributed by atoms with Crippen molar-refractivity contribution in [3.63, 3.8) is 0 Å². The van der Waals surface area contributed by atoms with Gasteiger partial charge in [0.2, 0.25) is 0 Å². The first kappa shape index (κ1) is 29.6. The van der Waals surface area contributed by atoms with Crippen molar-refractivity contribution >= 4 is 33.7 Å². The second kappa shape index (κ2) is 13.8. The fourth-order valence-corrected chi connectivity index (χ4v) is 5.37. The molecule has 3 aromatic rings. The quantitative estimate of drug-likeness (QED) is 0.273. The van der Waals surface area contributed by atoms with Gasteiger partial charge in [0.05, 0.1) is 37.1 Å². The number of nitrogens with one attached hydrogen (secondary N) is 1. The molecule has 12 heteroatoms. The zero-order chi connectivity index (χ0) is 29.2. The van der Waals surface area contributed by atoms with Crippen LogP contribution < -0.4 is 19.2 Å². The molecule has 1 aliphatic heterocycles. The van der Waals surface area contributed by atoms with E-state index in [-0.39, 0.29) is 23.1 Å². The first-order valence-corrected chi connectivity index (χ1v) is 14.3. The van der Waals surface area contributed by atoms with E-state index in [1.54, 1.807) is 65.6 Å². The second-order valence-electron chi connectivity index (χ2n) is 9.17. The lowest BCUT2D eigenvalue weighted by atomic mass is 10.2. The van der Waals surface area contributed by atoms with Gasteiger partial charge in [-0.05, 0) is 61.0 Å². The Bertz CT molecular complexity index is 1470. The molecule has 41 heavy (non-hydrogen) atoms. The minimum absolute atomic E-state index is 0.0520. The third-order valence-electron chi connectivity index (χ3n) is 6.25. The van der Waals surface area contributed by atoms with Crippen LogP contribution in [0.1, 0.15) is 11.1 Å². The van der Waals surface area contributed by atoms with Gasteiger partial charge in [0.1, 0.15) is 18.0 Å². The molecule has 0 unspecified atom stereocenters. The number of aryl methyl sites for hydroxylation is 1. The molecule has 0 radical (unpaired) electrons. The van der Waals surface area contributed by atoms with E-state index < -0.39 is 22.5 Å². The lowest BCUT2D eigenvalue weighted by Gasteiger charge is -2.26. The van der Waals surface area contributed by atoms with Crippen LogP contribution in [0.25, 0.3) is 0 Å². The van der Waals surface area contributed by atoms with E-state index in [0.29, 0.717) is 43.4 Å². The van der Waals surface area contributed by atoms with Crippen LogP contribution in [0.5, 0.6) is 11.5 Å². The Morgan fingerprint density at radius 3 is 2.41 bits per heavy atom. The van der Waals surface area contributed by atoms with Crippen molar-refractivity contribution in [2.75, 3.05) is 50.9 Å². The van der Waals surface area contributed by atoms with E-state index in [2.05, 4.69) is 10.5 Å². The summed E-state index contributed by atoms with van der Waals surface area (Å²) in [6, 6.07) is 19.7. The summed E-state index contributed by atoms with van der Waals surface area (Å²) in [7, 11) is -2.60. The predicted octanol–water partition coefficient (Wildman–Crippen LogP) is 2.59. The van der Waals surface area contributed by atoms with Crippen molar-refractivity contribution in [1.29, 1.82) is 0 Å². The Hall–Kier alpha value is -4.42. The third kappa shape index (κ3) is 8.05. The van der Waals surface area contributed by atoms with Crippen LogP contribution in [-0.2, 0) is 24.3 Å². The van der Waals surface area contributed by atoms with Gasteiger partial charge in [0.15, 0.2) is 6.61 Å². The molecule has 1 saturated heterocycles. The van der Waals surface area contributed by atoms with Gasteiger partial charge < -0.3 is 19.1 Å². The normalized spacial score (nSPS) is 13.6. The van der Waals surface area contributed by atoms with E-state index >= 15 is 0 Å². The van der Waals surface area contributed by atoms with Crippen molar-refractivity contribution < 1.29 is 32.2 Å². The highest BCUT2D eigenvalue weighted by molar-refractivity contribution is 7.92. The summed E-state index contributed by atoms with van der Waals surface area (Å²) in [6.07, 6.45) is 1.42. The van der Waals surface area contributed by atoms with Crippen LogP contribution in [0.4, 0.5) is 5.69 Å². The molecule has 1 heterocycles. The maximum absolute atomic E-state index is 13.5. The van der Waals surface area contributed by atoms with E-state index in [1.807, 2.05) is 6.92 Å². The molecule has 1 fully saturated rings. The SMILES string of the molecule is COc1cccc(N(CC(=O)N/N=C\c2ccc(OCC(=O)N3CCOCC3)cc2)S(=O)(=O)c2ccc(C)cc2)c1. The molecular formula is C29H32N4O7S. The largest absolute Gasteiger partial charge is 0.497 e. The van der Waals surface area contributed by atoms with Gasteiger partial charge in [-0.3, -0.25) is 13.9 Å². The summed E-state index contributed by atoms with van der Waals surface area (Å²) < 4.78 is 44.1. The Morgan fingerprint density at radius 1 is 1.02 bits per heavy atom. The zero-order valence-corrected chi connectivity index (χ0v) is 23.7. The fraction of sp³-hybridized carbons (Fsp3) is 0.276. The highest BCUT2D eigenvalue weighted by Gasteiger charge is 2.27. The number of nitrogens with zero attached hydrogens (tertiary/aromatic N) is 3. The second-order valence-corrected chi connectivity index (χ2v) is 11.0. The molecule has 0 saturated carbocycles. The molecular weight excluding hydrogens is 548 g/mol. The Balaban J connectivity index is 1.38. The first-order chi connectivity index (χ1) is 19.8. The van der Waals surface area contributed by atoms with E-state index in [4.69, 9.17) is 14.2 Å². The standard InChI is InChI=1S/C29H32N4O7S/c1-22-6-12-27(13-7-22)41(36,37)33(24-4-3-5-26(18-24)38-2)20-28(34)31-30-19-23-8-10-25(11-9-23)40-21-29(35)32-14-16-39-17-15-32/h3-13,18-19H,14-17,20-21H2,1-2H3,(H,31,34)/b30-19-. The molecule has 1 aliphatic rings. The van der Waals surface area contributed by atoms with E-state index in [9.17, 15) is 18.0 Å². The van der Waals surface area contributed by atoms with Gasteiger partial charge in [-0.1, -0.05) is 23.8 Å². The van der Waals surface area contributed by atoms with Crippen LogP contribution in [0.2, 0.25) is 0 Å². The molecule has 0 aromatic heterocycles. The molecule has 0 bridgehead atoms. The lowest BCUT2D eigenvalue weighted by Crippen LogP contribution is -2.42. The molecule has 1 N–H and O–H groups in total. The molecule has 2 amide bonds. The number of hydrazone groups is 1. The summed E-state index contributed by atoms with van der Waals surface area (Å²) >= 11 is 0. The molecule has 0 atom stereocenters. The summed E-state index contributed by atoms with van der Waals surface area (Å²) in [5.41, 5.74) is 4.22. The summed E-state index contributed by atoms with van der Waals surface area (Å²) in [6.45, 7) is 3.44. The number of ether oxygens (including phenoxy) is 3. The minimum Gasteiger partial charge on any atom is -0.497 e. The first-order valence-electron chi connectivity index (χ1n) is 12.9. The molecule has 0 spiro atoms. The van der Waals surface area contributed by atoms with Crippen LogP contribution in [0, 0.1) is 6.92 Å². The van der Waals surface area contributed by atoms with E-state index in [0.717, 1.165) is 9.87 Å². The van der Waals surface area contributed by atoms with Gasteiger partial charge in [-0.25, -0.2) is 13.8 Å². The molecule has 0 aliphatic carbocycles. The Labute approximate surface area is 239 Å². The number of rotatable bonds is 11. The average molecular weight is 581 g/mol. The molecule has 216 valence electrons. The van der Waals surface area contributed by atoms with Crippen molar-refractivity contribution in [3.8, 4) is 11.5 Å². The molecule has 4 rings (SSSR count). The van der Waals surface area contributed by atoms with Crippen LogP contribution in [-0.4, -0.2) is 77.9 Å². The molecule has 3 aromatic carbocycles. The number of carbonyl (C=O) groups is 2. The smallest absolute Gasteiger partial charge is 0.264 e. The monoisotopic (exact) mass is 580 g/mol. The van der Waals surface area contributed by atoms with Gasteiger partial charge in [-0.15, -0.1) is 0 Å². The van der Waals surface area contributed by atoms with Crippen molar-refractivity contribution in [2.24, 2.45) is 5.10 Å². The van der Waals surface area contributed by atoms with Gasteiger partial charge >= 0.3 is 0 Å². The third-order valence-corrected chi connectivity index (χ3v) is 8.03. The maximum atomic E-state index is 13.5. The topological polar surface area (TPSA) is 127 Å². The minimum atomic E-state index is -4.07. The predicted molar refractivity (Wildman–Crippen MR) is 154 cm³/mol. The summed E-state index contributed by atoms with van der Waals surface area (Å²) in [4.78, 5) is 26.8. The van der Waals surface area contributed by atoms with Crippen molar-refractivity contribution in [1.82, 2.24) is 10.3 Å². The number of hydrogen-bond donors (Lipinski definition) is 1. The number of amides is 2. The summed E-state index contributed by atoms with van der Waals surface area (Å²) in [5.74, 6) is 0.223. The van der Waals surface area contributed by atoms with E-state index in [1.165, 1.54) is 25.5 Å². The number of methoxy groups -OCH3 is 1. The maximum Gasteiger partial charge on any atom is 0.264 e. The Morgan fingerprint density at radius 2 is 1.73 bits per heavy atom. The highest BCUT2D eigenvalue weighted by atomic mass is 32.2.